The number of amides is 2. The van der Waals surface area contributed by atoms with Gasteiger partial charge in [-0.1, -0.05) is 0 Å². The molecule has 1 aromatic carbocycles. The first-order valence-electron chi connectivity index (χ1n) is 4.84. The van der Waals surface area contributed by atoms with Gasteiger partial charge in [-0.2, -0.15) is 0 Å². The molecule has 0 atom stereocenters. The number of nitrogens with zero attached hydrogens (tertiary/aromatic N) is 1. The van der Waals surface area contributed by atoms with Crippen LogP contribution in [0, 0.1) is 5.82 Å². The molecule has 2 rings (SSSR count). The zero-order valence-electron chi connectivity index (χ0n) is 8.77. The highest BCUT2D eigenvalue weighted by atomic mass is 32.2. The summed E-state index contributed by atoms with van der Waals surface area (Å²) in [5.41, 5.74) is 2.50. The van der Waals surface area contributed by atoms with E-state index in [1.807, 2.05) is 5.43 Å². The Bertz CT molecular complexity index is 481. The summed E-state index contributed by atoms with van der Waals surface area (Å²) in [4.78, 5) is 24.8. The lowest BCUT2D eigenvalue weighted by atomic mass is 10.2. The SMILES string of the molecule is NNC(=O)CN1C(=O)CSc2cc(F)ccc21. The van der Waals surface area contributed by atoms with E-state index in [1.165, 1.54) is 34.9 Å². The van der Waals surface area contributed by atoms with E-state index < -0.39 is 5.91 Å². The number of anilines is 1. The Kier molecular flexibility index (Phi) is 3.30. The van der Waals surface area contributed by atoms with Crippen molar-refractivity contribution in [2.45, 2.75) is 4.90 Å². The van der Waals surface area contributed by atoms with E-state index in [0.29, 0.717) is 10.6 Å². The number of hydrazine groups is 1. The first-order valence-corrected chi connectivity index (χ1v) is 5.82. The highest BCUT2D eigenvalue weighted by molar-refractivity contribution is 8.00. The van der Waals surface area contributed by atoms with Crippen LogP contribution in [0.15, 0.2) is 23.1 Å². The van der Waals surface area contributed by atoms with Crippen molar-refractivity contribution in [2.75, 3.05) is 17.2 Å². The predicted octanol–water partition coefficient (Wildman–Crippen LogP) is 0.254. The van der Waals surface area contributed by atoms with Gasteiger partial charge < -0.3 is 4.90 Å². The Labute approximate surface area is 101 Å². The van der Waals surface area contributed by atoms with Gasteiger partial charge in [-0.15, -0.1) is 11.8 Å². The molecule has 0 radical (unpaired) electrons. The van der Waals surface area contributed by atoms with Gasteiger partial charge in [0.1, 0.15) is 12.4 Å². The summed E-state index contributed by atoms with van der Waals surface area (Å²) in [6.45, 7) is -0.158. The number of nitrogens with two attached hydrogens (primary N) is 1. The summed E-state index contributed by atoms with van der Waals surface area (Å²) < 4.78 is 13.0. The van der Waals surface area contributed by atoms with Gasteiger partial charge in [-0.3, -0.25) is 15.0 Å². The van der Waals surface area contributed by atoms with Gasteiger partial charge in [0.15, 0.2) is 0 Å². The summed E-state index contributed by atoms with van der Waals surface area (Å²) in [7, 11) is 0. The summed E-state index contributed by atoms with van der Waals surface area (Å²) >= 11 is 1.26. The van der Waals surface area contributed by atoms with Crippen LogP contribution in [0.4, 0.5) is 10.1 Å². The van der Waals surface area contributed by atoms with Crippen LogP contribution in [-0.4, -0.2) is 24.1 Å². The van der Waals surface area contributed by atoms with Crippen molar-refractivity contribution in [3.8, 4) is 0 Å². The average molecular weight is 255 g/mol. The topological polar surface area (TPSA) is 75.4 Å². The largest absolute Gasteiger partial charge is 0.301 e. The molecule has 2 amide bonds. The molecule has 1 aliphatic heterocycles. The van der Waals surface area contributed by atoms with E-state index in [4.69, 9.17) is 5.84 Å². The van der Waals surface area contributed by atoms with E-state index in [0.717, 1.165) is 0 Å². The second-order valence-electron chi connectivity index (χ2n) is 3.45. The molecule has 0 saturated heterocycles. The van der Waals surface area contributed by atoms with Crippen LogP contribution in [0.1, 0.15) is 0 Å². The third kappa shape index (κ3) is 2.40. The van der Waals surface area contributed by atoms with Crippen LogP contribution >= 0.6 is 11.8 Å². The molecule has 0 spiro atoms. The van der Waals surface area contributed by atoms with Crippen LogP contribution < -0.4 is 16.2 Å². The number of fused-ring (bicyclic) bond motifs is 1. The second-order valence-corrected chi connectivity index (χ2v) is 4.47. The minimum atomic E-state index is -0.472. The molecule has 1 aromatic rings. The molecule has 1 aliphatic rings. The number of hydrogen-bond acceptors (Lipinski definition) is 4. The van der Waals surface area contributed by atoms with E-state index in [2.05, 4.69) is 0 Å². The maximum absolute atomic E-state index is 13.0. The average Bonchev–Trinajstić information content (AvgIpc) is 2.32. The molecule has 0 saturated carbocycles. The third-order valence-electron chi connectivity index (χ3n) is 2.33. The first-order chi connectivity index (χ1) is 8.11. The lowest BCUT2D eigenvalue weighted by molar-refractivity contribution is -0.123. The monoisotopic (exact) mass is 255 g/mol. The number of benzene rings is 1. The molecule has 0 aliphatic carbocycles. The minimum Gasteiger partial charge on any atom is -0.301 e. The van der Waals surface area contributed by atoms with Crippen molar-refractivity contribution in [3.63, 3.8) is 0 Å². The Balaban J connectivity index is 2.33. The number of hydrogen-bond donors (Lipinski definition) is 2. The van der Waals surface area contributed by atoms with Gasteiger partial charge in [-0.25, -0.2) is 10.2 Å². The molecule has 0 unspecified atom stereocenters. The highest BCUT2D eigenvalue weighted by Gasteiger charge is 2.26. The van der Waals surface area contributed by atoms with Crippen molar-refractivity contribution < 1.29 is 14.0 Å². The Hall–Kier alpha value is -1.60. The van der Waals surface area contributed by atoms with Crippen molar-refractivity contribution in [1.82, 2.24) is 5.43 Å². The minimum absolute atomic E-state index is 0.158. The summed E-state index contributed by atoms with van der Waals surface area (Å²) in [6.07, 6.45) is 0. The standard InChI is InChI=1S/C10H10FN3O2S/c11-6-1-2-7-8(3-6)17-5-10(16)14(7)4-9(15)13-12/h1-3H,4-5,12H2,(H,13,15). The Morgan fingerprint density at radius 1 is 1.59 bits per heavy atom. The van der Waals surface area contributed by atoms with Crippen molar-refractivity contribution in [3.05, 3.63) is 24.0 Å². The van der Waals surface area contributed by atoms with Gasteiger partial charge in [0, 0.05) is 4.90 Å². The Morgan fingerprint density at radius 3 is 3.06 bits per heavy atom. The molecule has 7 heteroatoms. The summed E-state index contributed by atoms with van der Waals surface area (Å²) in [5, 5.41) is 0. The molecule has 0 fully saturated rings. The molecule has 0 aromatic heterocycles. The number of nitrogens with one attached hydrogen (secondary N) is 1. The number of thioether (sulfide) groups is 1. The van der Waals surface area contributed by atoms with Gasteiger partial charge in [-0.05, 0) is 18.2 Å². The van der Waals surface area contributed by atoms with Crippen LogP contribution in [0.5, 0.6) is 0 Å². The van der Waals surface area contributed by atoms with Crippen molar-refractivity contribution in [2.24, 2.45) is 5.84 Å². The molecule has 5 nitrogen and oxygen atoms in total. The molecular formula is C10H10FN3O2S. The van der Waals surface area contributed by atoms with Crippen LogP contribution in [0.3, 0.4) is 0 Å². The quantitative estimate of drug-likeness (QED) is 0.451. The molecule has 3 N–H and O–H groups in total. The molecular weight excluding hydrogens is 245 g/mol. The van der Waals surface area contributed by atoms with Crippen molar-refractivity contribution >= 4 is 29.3 Å². The number of carbonyl (C=O) groups is 2. The van der Waals surface area contributed by atoms with Crippen LogP contribution in [-0.2, 0) is 9.59 Å². The van der Waals surface area contributed by atoms with Gasteiger partial charge >= 0.3 is 0 Å². The molecule has 0 bridgehead atoms. The van der Waals surface area contributed by atoms with Gasteiger partial charge in [0.25, 0.3) is 5.91 Å². The summed E-state index contributed by atoms with van der Waals surface area (Å²) in [5.74, 6) is 4.13. The number of halogens is 1. The molecule has 17 heavy (non-hydrogen) atoms. The first kappa shape index (κ1) is 11.9. The van der Waals surface area contributed by atoms with Crippen molar-refractivity contribution in [1.29, 1.82) is 0 Å². The summed E-state index contributed by atoms with van der Waals surface area (Å²) in [6, 6.07) is 4.09. The maximum Gasteiger partial charge on any atom is 0.253 e. The van der Waals surface area contributed by atoms with E-state index in [9.17, 15) is 14.0 Å². The maximum atomic E-state index is 13.0. The lowest BCUT2D eigenvalue weighted by Gasteiger charge is -2.28. The highest BCUT2D eigenvalue weighted by Crippen LogP contribution is 2.35. The van der Waals surface area contributed by atoms with Gasteiger partial charge in [0.05, 0.1) is 11.4 Å². The second kappa shape index (κ2) is 4.72. The predicted molar refractivity (Wildman–Crippen MR) is 61.8 cm³/mol. The van der Waals surface area contributed by atoms with E-state index in [-0.39, 0.29) is 24.0 Å². The fraction of sp³-hybridized carbons (Fsp3) is 0.200. The number of rotatable bonds is 2. The molecule has 1 heterocycles. The lowest BCUT2D eigenvalue weighted by Crippen LogP contribution is -2.45. The smallest absolute Gasteiger partial charge is 0.253 e. The zero-order chi connectivity index (χ0) is 12.4. The van der Waals surface area contributed by atoms with Gasteiger partial charge in [0.2, 0.25) is 5.91 Å². The van der Waals surface area contributed by atoms with E-state index in [1.54, 1.807) is 0 Å². The molecule has 90 valence electrons. The van der Waals surface area contributed by atoms with Crippen LogP contribution in [0.25, 0.3) is 0 Å². The Morgan fingerprint density at radius 2 is 2.35 bits per heavy atom. The number of carbonyl (C=O) groups excluding carboxylic acids is 2. The fourth-order valence-electron chi connectivity index (χ4n) is 1.54. The third-order valence-corrected chi connectivity index (χ3v) is 3.36. The van der Waals surface area contributed by atoms with Crippen LogP contribution in [0.2, 0.25) is 0 Å². The van der Waals surface area contributed by atoms with E-state index >= 15 is 0 Å². The fourth-order valence-corrected chi connectivity index (χ4v) is 2.50. The zero-order valence-corrected chi connectivity index (χ0v) is 9.59. The normalized spacial score (nSPS) is 14.5.